The Balaban J connectivity index is 1.87. The monoisotopic (exact) mass is 314 g/mol. The molecular formula is C14H19ClN2O2S. The first-order chi connectivity index (χ1) is 9.56. The molecule has 1 aliphatic rings. The van der Waals surface area contributed by atoms with E-state index < -0.39 is 5.54 Å². The highest BCUT2D eigenvalue weighted by atomic mass is 35.5. The molecule has 2 rings (SSSR count). The summed E-state index contributed by atoms with van der Waals surface area (Å²) in [6.45, 7) is 0. The maximum atomic E-state index is 11.8. The van der Waals surface area contributed by atoms with Crippen LogP contribution < -0.4 is 5.73 Å². The van der Waals surface area contributed by atoms with Gasteiger partial charge >= 0.3 is 5.97 Å². The molecule has 1 saturated carbocycles. The van der Waals surface area contributed by atoms with Gasteiger partial charge in [-0.1, -0.05) is 18.0 Å². The number of ether oxygens (including phenoxy) is 1. The van der Waals surface area contributed by atoms with Crippen molar-refractivity contribution in [2.75, 3.05) is 12.9 Å². The van der Waals surface area contributed by atoms with Crippen molar-refractivity contribution in [3.63, 3.8) is 0 Å². The topological polar surface area (TPSA) is 65.2 Å². The van der Waals surface area contributed by atoms with Gasteiger partial charge in [0.2, 0.25) is 0 Å². The number of nitrogens with zero attached hydrogens (tertiary/aromatic N) is 1. The number of carbonyl (C=O) groups is 1. The van der Waals surface area contributed by atoms with Gasteiger partial charge < -0.3 is 10.5 Å². The van der Waals surface area contributed by atoms with Crippen molar-refractivity contribution in [1.29, 1.82) is 0 Å². The fraction of sp³-hybridized carbons (Fsp3) is 0.571. The number of thioether (sulfide) groups is 1. The molecule has 0 saturated heterocycles. The fourth-order valence-corrected chi connectivity index (χ4v) is 3.73. The largest absolute Gasteiger partial charge is 0.468 e. The molecule has 0 spiro atoms. The summed E-state index contributed by atoms with van der Waals surface area (Å²) in [5, 5.41) is 1.57. The van der Waals surface area contributed by atoms with Gasteiger partial charge in [0.15, 0.2) is 0 Å². The molecule has 6 heteroatoms. The van der Waals surface area contributed by atoms with E-state index in [9.17, 15) is 4.79 Å². The number of methoxy groups -OCH3 is 1. The third-order valence-corrected chi connectivity index (χ3v) is 5.05. The minimum atomic E-state index is -0.803. The van der Waals surface area contributed by atoms with Crippen LogP contribution in [0.15, 0.2) is 23.4 Å². The van der Waals surface area contributed by atoms with Crippen LogP contribution >= 0.6 is 23.4 Å². The highest BCUT2D eigenvalue weighted by molar-refractivity contribution is 7.99. The van der Waals surface area contributed by atoms with E-state index in [0.717, 1.165) is 30.0 Å². The first kappa shape index (κ1) is 15.6. The Labute approximate surface area is 128 Å². The molecule has 4 nitrogen and oxygen atoms in total. The molecule has 1 aromatic heterocycles. The molecule has 2 unspecified atom stereocenters. The van der Waals surface area contributed by atoms with Crippen molar-refractivity contribution in [3.05, 3.63) is 23.4 Å². The average Bonchev–Trinajstić information content (AvgIpc) is 2.83. The predicted octanol–water partition coefficient (Wildman–Crippen LogP) is 2.89. The lowest BCUT2D eigenvalue weighted by Gasteiger charge is -2.28. The number of hydrogen-bond donors (Lipinski definition) is 1. The summed E-state index contributed by atoms with van der Waals surface area (Å²) < 4.78 is 4.85. The van der Waals surface area contributed by atoms with Gasteiger partial charge in [-0.15, -0.1) is 11.8 Å². The van der Waals surface area contributed by atoms with Gasteiger partial charge in [-0.25, -0.2) is 4.98 Å². The number of rotatable bonds is 5. The quantitative estimate of drug-likeness (QED) is 0.668. The predicted molar refractivity (Wildman–Crippen MR) is 80.9 cm³/mol. The molecule has 2 N–H and O–H groups in total. The number of halogens is 1. The summed E-state index contributed by atoms with van der Waals surface area (Å²) in [5.74, 6) is 0.791. The highest BCUT2D eigenvalue weighted by Crippen LogP contribution is 2.38. The van der Waals surface area contributed by atoms with E-state index in [1.54, 1.807) is 18.0 Å². The lowest BCUT2D eigenvalue weighted by atomic mass is 9.86. The summed E-state index contributed by atoms with van der Waals surface area (Å²) >= 11 is 7.46. The number of aromatic nitrogens is 1. The van der Waals surface area contributed by atoms with Crippen LogP contribution in [-0.2, 0) is 9.53 Å². The van der Waals surface area contributed by atoms with E-state index in [4.69, 9.17) is 22.1 Å². The Kier molecular flexibility index (Phi) is 5.29. The van der Waals surface area contributed by atoms with Gasteiger partial charge in [0.25, 0.3) is 0 Å². The molecule has 1 aromatic rings. The third-order valence-electron chi connectivity index (χ3n) is 3.85. The number of hydrogen-bond acceptors (Lipinski definition) is 5. The van der Waals surface area contributed by atoms with Crippen LogP contribution in [0.2, 0.25) is 5.02 Å². The second kappa shape index (κ2) is 6.78. The molecule has 20 heavy (non-hydrogen) atoms. The van der Waals surface area contributed by atoms with Gasteiger partial charge in [-0.3, -0.25) is 4.79 Å². The number of nitrogens with two attached hydrogens (primary N) is 1. The van der Waals surface area contributed by atoms with Crippen LogP contribution in [0.3, 0.4) is 0 Å². The molecule has 1 aliphatic carbocycles. The number of esters is 1. The zero-order chi connectivity index (χ0) is 14.6. The molecule has 1 fully saturated rings. The van der Waals surface area contributed by atoms with Crippen LogP contribution in [0, 0.1) is 5.92 Å². The number of pyridine rings is 1. The normalized spacial score (nSPS) is 25.6. The maximum Gasteiger partial charge on any atom is 0.326 e. The molecule has 2 atom stereocenters. The minimum Gasteiger partial charge on any atom is -0.468 e. The summed E-state index contributed by atoms with van der Waals surface area (Å²) in [4.78, 5) is 16.1. The van der Waals surface area contributed by atoms with Crippen molar-refractivity contribution in [2.24, 2.45) is 11.7 Å². The van der Waals surface area contributed by atoms with Crippen LogP contribution in [0.25, 0.3) is 0 Å². The van der Waals surface area contributed by atoms with Crippen molar-refractivity contribution in [2.45, 2.75) is 36.2 Å². The van der Waals surface area contributed by atoms with Crippen LogP contribution in [0.5, 0.6) is 0 Å². The molecule has 1 heterocycles. The first-order valence-corrected chi connectivity index (χ1v) is 8.04. The lowest BCUT2D eigenvalue weighted by Crippen LogP contribution is -2.51. The Bertz CT molecular complexity index is 469. The maximum absolute atomic E-state index is 11.8. The molecule has 0 radical (unpaired) electrons. The summed E-state index contributed by atoms with van der Waals surface area (Å²) in [6.07, 6.45) is 5.22. The molecule has 0 bridgehead atoms. The van der Waals surface area contributed by atoms with E-state index in [1.165, 1.54) is 7.11 Å². The Hall–Kier alpha value is -0.780. The Morgan fingerprint density at radius 3 is 3.10 bits per heavy atom. The van der Waals surface area contributed by atoms with Gasteiger partial charge in [-0.2, -0.15) is 0 Å². The SMILES string of the molecule is COC(=O)C1(N)CCCC1CCSc1ccc(Cl)cn1. The van der Waals surface area contributed by atoms with Crippen LogP contribution in [0.4, 0.5) is 0 Å². The van der Waals surface area contributed by atoms with E-state index in [2.05, 4.69) is 4.98 Å². The summed E-state index contributed by atoms with van der Waals surface area (Å²) in [5.41, 5.74) is 5.44. The Morgan fingerprint density at radius 2 is 2.45 bits per heavy atom. The highest BCUT2D eigenvalue weighted by Gasteiger charge is 2.46. The van der Waals surface area contributed by atoms with Crippen molar-refractivity contribution in [1.82, 2.24) is 4.98 Å². The molecule has 0 aromatic carbocycles. The molecule has 0 amide bonds. The smallest absolute Gasteiger partial charge is 0.326 e. The van der Waals surface area contributed by atoms with E-state index in [0.29, 0.717) is 11.4 Å². The standard InChI is InChI=1S/C14H19ClN2O2S/c1-19-13(18)14(16)7-2-3-10(14)6-8-20-12-5-4-11(15)9-17-12/h4-5,9-10H,2-3,6-8,16H2,1H3. The summed E-state index contributed by atoms with van der Waals surface area (Å²) in [6, 6.07) is 3.73. The van der Waals surface area contributed by atoms with E-state index in [-0.39, 0.29) is 11.9 Å². The summed E-state index contributed by atoms with van der Waals surface area (Å²) in [7, 11) is 1.40. The second-order valence-electron chi connectivity index (χ2n) is 5.07. The molecule has 110 valence electrons. The fourth-order valence-electron chi connectivity index (χ4n) is 2.72. The molecule has 0 aliphatic heterocycles. The van der Waals surface area contributed by atoms with Crippen molar-refractivity contribution < 1.29 is 9.53 Å². The minimum absolute atomic E-state index is 0.190. The van der Waals surface area contributed by atoms with Gasteiger partial charge in [-0.05, 0) is 43.1 Å². The Morgan fingerprint density at radius 1 is 1.65 bits per heavy atom. The first-order valence-electron chi connectivity index (χ1n) is 6.68. The number of carbonyl (C=O) groups excluding carboxylic acids is 1. The van der Waals surface area contributed by atoms with Crippen molar-refractivity contribution in [3.8, 4) is 0 Å². The average molecular weight is 315 g/mol. The van der Waals surface area contributed by atoms with Gasteiger partial charge in [0.1, 0.15) is 5.54 Å². The van der Waals surface area contributed by atoms with Crippen molar-refractivity contribution >= 4 is 29.3 Å². The van der Waals surface area contributed by atoms with E-state index >= 15 is 0 Å². The van der Waals surface area contributed by atoms with Gasteiger partial charge in [0.05, 0.1) is 17.2 Å². The second-order valence-corrected chi connectivity index (χ2v) is 6.62. The third kappa shape index (κ3) is 3.45. The zero-order valence-corrected chi connectivity index (χ0v) is 13.0. The van der Waals surface area contributed by atoms with Gasteiger partial charge in [0, 0.05) is 6.20 Å². The van der Waals surface area contributed by atoms with Crippen LogP contribution in [0.1, 0.15) is 25.7 Å². The zero-order valence-electron chi connectivity index (χ0n) is 11.5. The van der Waals surface area contributed by atoms with E-state index in [1.807, 2.05) is 12.1 Å². The molecular weight excluding hydrogens is 296 g/mol. The van der Waals surface area contributed by atoms with Crippen LogP contribution in [-0.4, -0.2) is 29.4 Å². The lowest BCUT2D eigenvalue weighted by molar-refractivity contribution is -0.148.